The lowest BCUT2D eigenvalue weighted by molar-refractivity contribution is -0.137. The number of carboxylic acids is 1. The standard InChI is InChI=1S/C24H40O3S/c1-4-6-7-8-9-10-11-12-13-14-15-16-19-23(28-21(3)5-2)22(25)18-17-20-24(26)27/h9-10,12-16,19,21-23,25H,4-8,11,17-18,20H2,1-3H3,(H,26,27)/b10-9-,13-12-,15-14+,19-16+. The minimum absolute atomic E-state index is 0.0107. The Morgan fingerprint density at radius 2 is 1.75 bits per heavy atom. The van der Waals surface area contributed by atoms with Crippen LogP contribution in [0.1, 0.15) is 78.6 Å². The monoisotopic (exact) mass is 408 g/mol. The fraction of sp³-hybridized carbons (Fsp3) is 0.625. The van der Waals surface area contributed by atoms with Gasteiger partial charge in [-0.05, 0) is 38.5 Å². The van der Waals surface area contributed by atoms with E-state index in [1.807, 2.05) is 30.4 Å². The molecule has 0 radical (unpaired) electrons. The lowest BCUT2D eigenvalue weighted by atomic mass is 10.1. The van der Waals surface area contributed by atoms with Crippen molar-refractivity contribution in [2.45, 2.75) is 95.2 Å². The van der Waals surface area contributed by atoms with Crippen molar-refractivity contribution in [2.24, 2.45) is 0 Å². The van der Waals surface area contributed by atoms with Gasteiger partial charge in [-0.3, -0.25) is 4.79 Å². The normalized spacial score (nSPS) is 15.9. The van der Waals surface area contributed by atoms with Crippen LogP contribution in [0.5, 0.6) is 0 Å². The molecule has 0 saturated heterocycles. The summed E-state index contributed by atoms with van der Waals surface area (Å²) in [4.78, 5) is 10.7. The SMILES string of the molecule is CCCCC/C=C\C\C=C/C=C/C=C/C(SC(C)CC)C(O)CCCC(=O)O. The number of carbonyl (C=O) groups is 1. The molecule has 0 bridgehead atoms. The van der Waals surface area contributed by atoms with Crippen LogP contribution < -0.4 is 0 Å². The van der Waals surface area contributed by atoms with E-state index in [9.17, 15) is 9.90 Å². The third kappa shape index (κ3) is 16.9. The summed E-state index contributed by atoms with van der Waals surface area (Å²) in [6.45, 7) is 6.51. The Balaban J connectivity index is 4.36. The van der Waals surface area contributed by atoms with Crippen molar-refractivity contribution in [1.29, 1.82) is 0 Å². The van der Waals surface area contributed by atoms with E-state index in [1.54, 1.807) is 11.8 Å². The number of carboxylic acid groups (broad SMARTS) is 1. The summed E-state index contributed by atoms with van der Waals surface area (Å²) in [6.07, 6.45) is 24.3. The smallest absolute Gasteiger partial charge is 0.303 e. The molecule has 160 valence electrons. The number of aliphatic hydroxyl groups is 1. The molecule has 28 heavy (non-hydrogen) atoms. The molecule has 0 aliphatic carbocycles. The molecular formula is C24H40O3S. The van der Waals surface area contributed by atoms with E-state index in [0.717, 1.165) is 12.8 Å². The average molecular weight is 409 g/mol. The molecular weight excluding hydrogens is 368 g/mol. The molecule has 0 aromatic rings. The number of thioether (sulfide) groups is 1. The Kier molecular flexibility index (Phi) is 18.2. The van der Waals surface area contributed by atoms with Crippen LogP contribution in [-0.4, -0.2) is 32.8 Å². The average Bonchev–Trinajstić information content (AvgIpc) is 2.67. The fourth-order valence-corrected chi connectivity index (χ4v) is 3.75. The van der Waals surface area contributed by atoms with E-state index in [-0.39, 0.29) is 11.7 Å². The first-order valence-electron chi connectivity index (χ1n) is 10.7. The zero-order valence-electron chi connectivity index (χ0n) is 17.9. The van der Waals surface area contributed by atoms with E-state index in [4.69, 9.17) is 5.11 Å². The zero-order valence-corrected chi connectivity index (χ0v) is 18.7. The summed E-state index contributed by atoms with van der Waals surface area (Å²) in [7, 11) is 0. The van der Waals surface area contributed by atoms with Crippen molar-refractivity contribution in [1.82, 2.24) is 0 Å². The van der Waals surface area contributed by atoms with Gasteiger partial charge < -0.3 is 10.2 Å². The number of aliphatic carboxylic acids is 1. The van der Waals surface area contributed by atoms with E-state index in [2.05, 4.69) is 39.0 Å². The van der Waals surface area contributed by atoms with Gasteiger partial charge in [-0.15, -0.1) is 11.8 Å². The maximum absolute atomic E-state index is 10.7. The predicted octanol–water partition coefficient (Wildman–Crippen LogP) is 6.70. The highest BCUT2D eigenvalue weighted by molar-refractivity contribution is 8.00. The summed E-state index contributed by atoms with van der Waals surface area (Å²) in [5, 5.41) is 19.6. The third-order valence-electron chi connectivity index (χ3n) is 4.42. The Bertz CT molecular complexity index is 494. The number of rotatable bonds is 17. The highest BCUT2D eigenvalue weighted by atomic mass is 32.2. The summed E-state index contributed by atoms with van der Waals surface area (Å²) in [5.41, 5.74) is 0. The highest BCUT2D eigenvalue weighted by Crippen LogP contribution is 2.26. The van der Waals surface area contributed by atoms with Crippen molar-refractivity contribution in [3.8, 4) is 0 Å². The van der Waals surface area contributed by atoms with Gasteiger partial charge in [0.2, 0.25) is 0 Å². The van der Waals surface area contributed by atoms with Gasteiger partial charge in [-0.2, -0.15) is 0 Å². The van der Waals surface area contributed by atoms with Crippen molar-refractivity contribution in [2.75, 3.05) is 0 Å². The second-order valence-corrected chi connectivity index (χ2v) is 8.69. The molecule has 3 atom stereocenters. The third-order valence-corrected chi connectivity index (χ3v) is 6.00. The van der Waals surface area contributed by atoms with Crippen LogP contribution in [0.15, 0.2) is 48.6 Å². The Hall–Kier alpha value is -1.26. The second-order valence-electron chi connectivity index (χ2n) is 7.07. The molecule has 0 aliphatic heterocycles. The zero-order chi connectivity index (χ0) is 21.0. The molecule has 0 amide bonds. The highest BCUT2D eigenvalue weighted by Gasteiger charge is 2.19. The summed E-state index contributed by atoms with van der Waals surface area (Å²) in [6, 6.07) is 0. The number of aliphatic hydroxyl groups excluding tert-OH is 1. The van der Waals surface area contributed by atoms with Crippen molar-refractivity contribution >= 4 is 17.7 Å². The van der Waals surface area contributed by atoms with Gasteiger partial charge >= 0.3 is 5.97 Å². The first-order chi connectivity index (χ1) is 13.5. The van der Waals surface area contributed by atoms with E-state index in [0.29, 0.717) is 18.1 Å². The molecule has 0 heterocycles. The maximum atomic E-state index is 10.7. The largest absolute Gasteiger partial charge is 0.481 e. The molecule has 3 unspecified atom stereocenters. The van der Waals surface area contributed by atoms with Crippen LogP contribution in [0, 0.1) is 0 Å². The van der Waals surface area contributed by atoms with E-state index >= 15 is 0 Å². The van der Waals surface area contributed by atoms with Gasteiger partial charge in [-0.25, -0.2) is 0 Å². The Morgan fingerprint density at radius 1 is 1.00 bits per heavy atom. The summed E-state index contributed by atoms with van der Waals surface area (Å²) >= 11 is 1.75. The van der Waals surface area contributed by atoms with Crippen LogP contribution in [0.3, 0.4) is 0 Å². The molecule has 0 aromatic heterocycles. The molecule has 0 aromatic carbocycles. The van der Waals surface area contributed by atoms with Gasteiger partial charge in [0.25, 0.3) is 0 Å². The van der Waals surface area contributed by atoms with E-state index in [1.165, 1.54) is 25.7 Å². The van der Waals surface area contributed by atoms with Crippen LogP contribution in [0.4, 0.5) is 0 Å². The number of allylic oxidation sites excluding steroid dienone is 7. The Morgan fingerprint density at radius 3 is 2.43 bits per heavy atom. The molecule has 2 N–H and O–H groups in total. The summed E-state index contributed by atoms with van der Waals surface area (Å²) in [5.74, 6) is -0.806. The van der Waals surface area contributed by atoms with Gasteiger partial charge in [0, 0.05) is 16.9 Å². The van der Waals surface area contributed by atoms with Crippen LogP contribution in [0.2, 0.25) is 0 Å². The van der Waals surface area contributed by atoms with Crippen LogP contribution in [-0.2, 0) is 4.79 Å². The van der Waals surface area contributed by atoms with Gasteiger partial charge in [-0.1, -0.05) is 82.2 Å². The minimum atomic E-state index is -0.806. The summed E-state index contributed by atoms with van der Waals surface area (Å²) < 4.78 is 0. The quantitative estimate of drug-likeness (QED) is 0.160. The molecule has 3 nitrogen and oxygen atoms in total. The first kappa shape index (κ1) is 26.7. The molecule has 0 aliphatic rings. The molecule has 0 saturated carbocycles. The Labute approximate surface area is 176 Å². The number of hydrogen-bond donors (Lipinski definition) is 2. The molecule has 4 heteroatoms. The number of hydrogen-bond acceptors (Lipinski definition) is 3. The fourth-order valence-electron chi connectivity index (χ4n) is 2.52. The maximum Gasteiger partial charge on any atom is 0.303 e. The van der Waals surface area contributed by atoms with Crippen LogP contribution in [0.25, 0.3) is 0 Å². The topological polar surface area (TPSA) is 57.5 Å². The minimum Gasteiger partial charge on any atom is -0.481 e. The second kappa shape index (κ2) is 19.1. The van der Waals surface area contributed by atoms with Gasteiger partial charge in [0.15, 0.2) is 0 Å². The van der Waals surface area contributed by atoms with Crippen molar-refractivity contribution in [3.05, 3.63) is 48.6 Å². The van der Waals surface area contributed by atoms with Gasteiger partial charge in [0.05, 0.1) is 6.10 Å². The van der Waals surface area contributed by atoms with Crippen LogP contribution >= 0.6 is 11.8 Å². The predicted molar refractivity (Wildman–Crippen MR) is 124 cm³/mol. The lowest BCUT2D eigenvalue weighted by Gasteiger charge is -2.22. The molecule has 0 spiro atoms. The molecule has 0 fully saturated rings. The van der Waals surface area contributed by atoms with E-state index < -0.39 is 12.1 Å². The first-order valence-corrected chi connectivity index (χ1v) is 11.7. The lowest BCUT2D eigenvalue weighted by Crippen LogP contribution is -2.23. The van der Waals surface area contributed by atoms with Crippen molar-refractivity contribution < 1.29 is 15.0 Å². The van der Waals surface area contributed by atoms with Crippen molar-refractivity contribution in [3.63, 3.8) is 0 Å². The number of unbranched alkanes of at least 4 members (excludes halogenated alkanes) is 3. The van der Waals surface area contributed by atoms with Gasteiger partial charge in [0.1, 0.15) is 0 Å². The molecule has 0 rings (SSSR count).